The molecule has 1 aliphatic heterocycles. The molecule has 0 N–H and O–H groups in total. The van der Waals surface area contributed by atoms with Crippen LogP contribution in [-0.2, 0) is 20.7 Å². The highest BCUT2D eigenvalue weighted by Gasteiger charge is 2.22. The van der Waals surface area contributed by atoms with Gasteiger partial charge in [-0.25, -0.2) is 4.79 Å². The van der Waals surface area contributed by atoms with Gasteiger partial charge in [0.1, 0.15) is 0 Å². The van der Waals surface area contributed by atoms with Gasteiger partial charge in [0.15, 0.2) is 6.61 Å². The Hall–Kier alpha value is -3.48. The van der Waals surface area contributed by atoms with Gasteiger partial charge in [-0.3, -0.25) is 14.9 Å². The number of aryl methyl sites for hydroxylation is 1. The molecular formula is C20H18N2O5. The first-order valence-corrected chi connectivity index (χ1v) is 8.53. The number of anilines is 1. The summed E-state index contributed by atoms with van der Waals surface area (Å²) in [6.07, 6.45) is 4.16. The van der Waals surface area contributed by atoms with Crippen LogP contribution in [0.3, 0.4) is 0 Å². The lowest BCUT2D eigenvalue weighted by atomic mass is 10.0. The highest BCUT2D eigenvalue weighted by molar-refractivity contribution is 5.97. The van der Waals surface area contributed by atoms with E-state index in [4.69, 9.17) is 4.74 Å². The molecule has 1 heterocycles. The van der Waals surface area contributed by atoms with E-state index in [0.717, 1.165) is 30.2 Å². The Kier molecular flexibility index (Phi) is 5.61. The van der Waals surface area contributed by atoms with Gasteiger partial charge in [0.05, 0.1) is 10.5 Å². The first kappa shape index (κ1) is 18.3. The summed E-state index contributed by atoms with van der Waals surface area (Å²) in [5, 5.41) is 11.0. The number of nitrogens with zero attached hydrogens (tertiary/aromatic N) is 2. The molecular weight excluding hydrogens is 348 g/mol. The number of ether oxygens (including phenoxy) is 1. The second-order valence-electron chi connectivity index (χ2n) is 6.03. The van der Waals surface area contributed by atoms with Crippen molar-refractivity contribution < 1.29 is 19.2 Å². The zero-order valence-electron chi connectivity index (χ0n) is 14.5. The predicted molar refractivity (Wildman–Crippen MR) is 100 cm³/mol. The lowest BCUT2D eigenvalue weighted by Crippen LogP contribution is -2.38. The molecule has 3 rings (SSSR count). The molecule has 0 aliphatic carbocycles. The summed E-state index contributed by atoms with van der Waals surface area (Å²) < 4.78 is 5.01. The lowest BCUT2D eigenvalue weighted by Gasteiger charge is -2.29. The summed E-state index contributed by atoms with van der Waals surface area (Å²) in [5.74, 6) is -1.03. The van der Waals surface area contributed by atoms with Crippen molar-refractivity contribution in [3.63, 3.8) is 0 Å². The normalized spacial score (nSPS) is 13.3. The van der Waals surface area contributed by atoms with Crippen molar-refractivity contribution in [2.75, 3.05) is 18.1 Å². The van der Waals surface area contributed by atoms with Crippen LogP contribution in [0.5, 0.6) is 0 Å². The second-order valence-corrected chi connectivity index (χ2v) is 6.03. The minimum absolute atomic E-state index is 0.109. The molecule has 1 aliphatic rings. The molecule has 7 heteroatoms. The number of fused-ring (bicyclic) bond motifs is 1. The molecule has 138 valence electrons. The van der Waals surface area contributed by atoms with E-state index < -0.39 is 10.9 Å². The number of amides is 1. The molecule has 0 unspecified atom stereocenters. The van der Waals surface area contributed by atoms with E-state index in [1.807, 2.05) is 24.3 Å². The van der Waals surface area contributed by atoms with Crippen LogP contribution in [0.2, 0.25) is 0 Å². The van der Waals surface area contributed by atoms with Gasteiger partial charge in [0.25, 0.3) is 11.6 Å². The SMILES string of the molecule is O=C(C=Cc1ccccc1[N+](=O)[O-])OCC(=O)N1CCCc2ccccc21. The average molecular weight is 366 g/mol. The molecule has 27 heavy (non-hydrogen) atoms. The summed E-state index contributed by atoms with van der Waals surface area (Å²) in [5.41, 5.74) is 2.12. The Labute approximate surface area is 156 Å². The molecule has 0 radical (unpaired) electrons. The summed E-state index contributed by atoms with van der Waals surface area (Å²) in [6.45, 7) is 0.202. The maximum atomic E-state index is 12.4. The number of carbonyl (C=O) groups is 2. The fraction of sp³-hybridized carbons (Fsp3) is 0.200. The van der Waals surface area contributed by atoms with E-state index in [1.54, 1.807) is 17.0 Å². The first-order valence-electron chi connectivity index (χ1n) is 8.53. The topological polar surface area (TPSA) is 89.7 Å². The highest BCUT2D eigenvalue weighted by atomic mass is 16.6. The van der Waals surface area contributed by atoms with E-state index in [0.29, 0.717) is 6.54 Å². The molecule has 0 saturated carbocycles. The van der Waals surface area contributed by atoms with Gasteiger partial charge < -0.3 is 9.64 Å². The van der Waals surface area contributed by atoms with Gasteiger partial charge in [-0.15, -0.1) is 0 Å². The molecule has 0 atom stereocenters. The van der Waals surface area contributed by atoms with Gasteiger partial charge in [-0.2, -0.15) is 0 Å². The Bertz CT molecular complexity index is 907. The third-order valence-corrected chi connectivity index (χ3v) is 4.28. The zero-order valence-corrected chi connectivity index (χ0v) is 14.5. The Morgan fingerprint density at radius 3 is 2.70 bits per heavy atom. The van der Waals surface area contributed by atoms with Gasteiger partial charge in [0, 0.05) is 24.4 Å². The standard InChI is InChI=1S/C20H18N2O5/c23-19(21-13-5-8-15-6-1-3-9-17(15)21)14-27-20(24)12-11-16-7-2-4-10-18(16)22(25)26/h1-4,6-7,9-12H,5,8,13-14H2. The fourth-order valence-corrected chi connectivity index (χ4v) is 3.00. The van der Waals surface area contributed by atoms with Crippen molar-refractivity contribution in [1.29, 1.82) is 0 Å². The van der Waals surface area contributed by atoms with Crippen molar-refractivity contribution in [3.8, 4) is 0 Å². The van der Waals surface area contributed by atoms with Crippen molar-refractivity contribution in [3.05, 3.63) is 75.8 Å². The van der Waals surface area contributed by atoms with Crippen molar-refractivity contribution in [2.45, 2.75) is 12.8 Å². The number of hydrogen-bond donors (Lipinski definition) is 0. The van der Waals surface area contributed by atoms with E-state index in [9.17, 15) is 19.7 Å². The number of benzene rings is 2. The fourth-order valence-electron chi connectivity index (χ4n) is 3.00. The summed E-state index contributed by atoms with van der Waals surface area (Å²) >= 11 is 0. The molecule has 0 spiro atoms. The molecule has 2 aromatic carbocycles. The maximum Gasteiger partial charge on any atom is 0.331 e. The van der Waals surface area contributed by atoms with Crippen LogP contribution in [0, 0.1) is 10.1 Å². The number of esters is 1. The van der Waals surface area contributed by atoms with Crippen LogP contribution >= 0.6 is 0 Å². The van der Waals surface area contributed by atoms with Crippen LogP contribution in [-0.4, -0.2) is 30.0 Å². The third kappa shape index (κ3) is 4.38. The molecule has 7 nitrogen and oxygen atoms in total. The number of rotatable bonds is 5. The van der Waals surface area contributed by atoms with Crippen molar-refractivity contribution in [1.82, 2.24) is 0 Å². The Morgan fingerprint density at radius 2 is 1.89 bits per heavy atom. The van der Waals surface area contributed by atoms with Gasteiger partial charge >= 0.3 is 5.97 Å². The minimum atomic E-state index is -0.730. The van der Waals surface area contributed by atoms with Crippen molar-refractivity contribution >= 4 is 29.3 Å². The molecule has 1 amide bonds. The average Bonchev–Trinajstić information content (AvgIpc) is 2.70. The number of hydrogen-bond acceptors (Lipinski definition) is 5. The molecule has 0 aromatic heterocycles. The van der Waals surface area contributed by atoms with Crippen LogP contribution in [0.15, 0.2) is 54.6 Å². The molecule has 0 bridgehead atoms. The number of nitro benzene ring substituents is 1. The summed E-state index contributed by atoms with van der Waals surface area (Å²) in [7, 11) is 0. The number of para-hydroxylation sites is 2. The van der Waals surface area contributed by atoms with Crippen LogP contribution in [0.1, 0.15) is 17.5 Å². The smallest absolute Gasteiger partial charge is 0.331 e. The van der Waals surface area contributed by atoms with Crippen LogP contribution in [0.4, 0.5) is 11.4 Å². The molecule has 2 aromatic rings. The Morgan fingerprint density at radius 1 is 1.15 bits per heavy atom. The van der Waals surface area contributed by atoms with E-state index in [1.165, 1.54) is 18.2 Å². The van der Waals surface area contributed by atoms with E-state index in [-0.39, 0.29) is 23.8 Å². The van der Waals surface area contributed by atoms with Crippen LogP contribution in [0.25, 0.3) is 6.08 Å². The number of nitro groups is 1. The van der Waals surface area contributed by atoms with E-state index in [2.05, 4.69) is 0 Å². The lowest BCUT2D eigenvalue weighted by molar-refractivity contribution is -0.385. The zero-order chi connectivity index (χ0) is 19.2. The van der Waals surface area contributed by atoms with E-state index >= 15 is 0 Å². The number of carbonyl (C=O) groups excluding carboxylic acids is 2. The van der Waals surface area contributed by atoms with Gasteiger partial charge in [-0.05, 0) is 36.6 Å². The largest absolute Gasteiger partial charge is 0.452 e. The van der Waals surface area contributed by atoms with Gasteiger partial charge in [-0.1, -0.05) is 30.3 Å². The Balaban J connectivity index is 1.60. The minimum Gasteiger partial charge on any atom is -0.452 e. The quantitative estimate of drug-likeness (QED) is 0.351. The molecule has 0 fully saturated rings. The second kappa shape index (κ2) is 8.27. The predicted octanol–water partition coefficient (Wildman–Crippen LogP) is 3.13. The summed E-state index contributed by atoms with van der Waals surface area (Å²) in [4.78, 5) is 36.4. The van der Waals surface area contributed by atoms with Gasteiger partial charge in [0.2, 0.25) is 0 Å². The van der Waals surface area contributed by atoms with Crippen molar-refractivity contribution in [2.24, 2.45) is 0 Å². The third-order valence-electron chi connectivity index (χ3n) is 4.28. The summed E-state index contributed by atoms with van der Waals surface area (Å²) in [6, 6.07) is 13.7. The maximum absolute atomic E-state index is 12.4. The van der Waals surface area contributed by atoms with Crippen LogP contribution < -0.4 is 4.90 Å². The first-order chi connectivity index (χ1) is 13.1. The highest BCUT2D eigenvalue weighted by Crippen LogP contribution is 2.26. The monoisotopic (exact) mass is 366 g/mol. The molecule has 0 saturated heterocycles.